The first-order valence-corrected chi connectivity index (χ1v) is 15.1. The first-order valence-electron chi connectivity index (χ1n) is 14.2. The van der Waals surface area contributed by atoms with Gasteiger partial charge in [-0.05, 0) is 78.9 Å². The van der Waals surface area contributed by atoms with Crippen LogP contribution in [0.1, 0.15) is 60.2 Å². The van der Waals surface area contributed by atoms with Gasteiger partial charge in [-0.25, -0.2) is 4.79 Å². The van der Waals surface area contributed by atoms with Crippen LogP contribution >= 0.6 is 11.3 Å². The third kappa shape index (κ3) is 6.85. The Morgan fingerprint density at radius 1 is 1.12 bits per heavy atom. The number of anilines is 1. The lowest BCUT2D eigenvalue weighted by Crippen LogP contribution is -2.50. The lowest BCUT2D eigenvalue weighted by molar-refractivity contribution is -0.135. The van der Waals surface area contributed by atoms with E-state index in [0.717, 1.165) is 36.1 Å². The Labute approximate surface area is 241 Å². The van der Waals surface area contributed by atoms with Gasteiger partial charge in [-0.2, -0.15) is 0 Å². The summed E-state index contributed by atoms with van der Waals surface area (Å²) >= 11 is 1.73. The number of aryl methyl sites for hydroxylation is 1. The topological polar surface area (TPSA) is 71.1 Å². The number of thiophene rings is 1. The largest absolute Gasteiger partial charge is 0.491 e. The van der Waals surface area contributed by atoms with Gasteiger partial charge in [0.1, 0.15) is 18.9 Å². The summed E-state index contributed by atoms with van der Waals surface area (Å²) in [6.07, 6.45) is 2.60. The maximum absolute atomic E-state index is 13.9. The van der Waals surface area contributed by atoms with Gasteiger partial charge in [0.2, 0.25) is 5.91 Å². The van der Waals surface area contributed by atoms with Crippen LogP contribution in [-0.2, 0) is 16.0 Å². The molecular formula is C32H39N3O4S. The SMILES string of the molecule is Cc1ccc(NC(=O)N(CC(=O)N2CCc3sccc3[C@H]2COc2ccc(C(C)C)cc2)C[C@H]2CCCO2)cc1. The summed E-state index contributed by atoms with van der Waals surface area (Å²) in [7, 11) is 0. The van der Waals surface area contributed by atoms with E-state index in [4.69, 9.17) is 9.47 Å². The Bertz CT molecular complexity index is 1280. The van der Waals surface area contributed by atoms with Gasteiger partial charge in [-0.15, -0.1) is 11.3 Å². The van der Waals surface area contributed by atoms with Crippen LogP contribution < -0.4 is 10.1 Å². The summed E-state index contributed by atoms with van der Waals surface area (Å²) in [4.78, 5) is 32.0. The average Bonchev–Trinajstić information content (AvgIpc) is 3.65. The van der Waals surface area contributed by atoms with Crippen LogP contribution in [0.5, 0.6) is 5.75 Å². The monoisotopic (exact) mass is 561 g/mol. The van der Waals surface area contributed by atoms with Crippen molar-refractivity contribution in [3.05, 3.63) is 81.5 Å². The van der Waals surface area contributed by atoms with Crippen LogP contribution in [-0.4, -0.2) is 60.7 Å². The number of hydrogen-bond acceptors (Lipinski definition) is 5. The minimum absolute atomic E-state index is 0.0173. The zero-order valence-corrected chi connectivity index (χ0v) is 24.4. The number of nitrogens with zero attached hydrogens (tertiary/aromatic N) is 2. The van der Waals surface area contributed by atoms with Gasteiger partial charge < -0.3 is 24.6 Å². The van der Waals surface area contributed by atoms with Crippen molar-refractivity contribution in [3.63, 3.8) is 0 Å². The molecule has 2 atom stereocenters. The molecule has 212 valence electrons. The van der Waals surface area contributed by atoms with E-state index in [2.05, 4.69) is 42.7 Å². The van der Waals surface area contributed by atoms with Crippen molar-refractivity contribution in [3.8, 4) is 5.75 Å². The summed E-state index contributed by atoms with van der Waals surface area (Å²) in [5, 5.41) is 5.06. The van der Waals surface area contributed by atoms with E-state index < -0.39 is 0 Å². The van der Waals surface area contributed by atoms with Crippen molar-refractivity contribution in [2.45, 2.75) is 58.1 Å². The highest BCUT2D eigenvalue weighted by Gasteiger charge is 2.34. The van der Waals surface area contributed by atoms with Crippen molar-refractivity contribution < 1.29 is 19.1 Å². The van der Waals surface area contributed by atoms with Gasteiger partial charge in [0.25, 0.3) is 0 Å². The first-order chi connectivity index (χ1) is 19.4. The Morgan fingerprint density at radius 3 is 2.60 bits per heavy atom. The molecule has 40 heavy (non-hydrogen) atoms. The first kappa shape index (κ1) is 28.2. The quantitative estimate of drug-likeness (QED) is 0.328. The Morgan fingerprint density at radius 2 is 1.90 bits per heavy atom. The maximum Gasteiger partial charge on any atom is 0.322 e. The van der Waals surface area contributed by atoms with Crippen molar-refractivity contribution in [2.75, 3.05) is 38.2 Å². The van der Waals surface area contributed by atoms with Gasteiger partial charge >= 0.3 is 6.03 Å². The molecule has 8 heteroatoms. The highest BCUT2D eigenvalue weighted by molar-refractivity contribution is 7.10. The van der Waals surface area contributed by atoms with E-state index in [1.807, 2.05) is 48.2 Å². The average molecular weight is 562 g/mol. The zero-order chi connectivity index (χ0) is 28.1. The lowest BCUT2D eigenvalue weighted by atomic mass is 10.00. The molecule has 0 saturated carbocycles. The summed E-state index contributed by atoms with van der Waals surface area (Å²) in [6.45, 7) is 8.35. The number of hydrogen-bond donors (Lipinski definition) is 1. The van der Waals surface area contributed by atoms with Crippen LogP contribution in [0.2, 0.25) is 0 Å². The van der Waals surface area contributed by atoms with E-state index in [1.54, 1.807) is 16.2 Å². The molecule has 5 rings (SSSR count). The maximum atomic E-state index is 13.9. The molecule has 0 radical (unpaired) electrons. The van der Waals surface area contributed by atoms with Gasteiger partial charge in [-0.3, -0.25) is 4.79 Å². The molecule has 1 N–H and O–H groups in total. The summed E-state index contributed by atoms with van der Waals surface area (Å²) in [5.74, 6) is 1.16. The minimum Gasteiger partial charge on any atom is -0.491 e. The Balaban J connectivity index is 1.30. The van der Waals surface area contributed by atoms with Crippen molar-refractivity contribution >= 4 is 29.0 Å². The molecule has 0 aliphatic carbocycles. The number of carbonyl (C=O) groups is 2. The van der Waals surface area contributed by atoms with Crippen molar-refractivity contribution in [2.24, 2.45) is 0 Å². The molecule has 7 nitrogen and oxygen atoms in total. The van der Waals surface area contributed by atoms with Gasteiger partial charge in [-0.1, -0.05) is 43.7 Å². The molecule has 2 aliphatic rings. The second-order valence-corrected chi connectivity index (χ2v) is 12.0. The number of nitrogens with one attached hydrogen (secondary N) is 1. The Kier molecular flexibility index (Phi) is 9.07. The summed E-state index contributed by atoms with van der Waals surface area (Å²) in [5.41, 5.74) is 4.22. The number of rotatable bonds is 9. The highest BCUT2D eigenvalue weighted by atomic mass is 32.1. The highest BCUT2D eigenvalue weighted by Crippen LogP contribution is 2.34. The molecule has 2 aromatic carbocycles. The fourth-order valence-corrected chi connectivity index (χ4v) is 6.27. The molecule has 0 spiro atoms. The normalized spacial score (nSPS) is 18.4. The number of ether oxygens (including phenoxy) is 2. The molecule has 3 heterocycles. The summed E-state index contributed by atoms with van der Waals surface area (Å²) in [6, 6.07) is 17.4. The number of amides is 3. The molecule has 2 aliphatic heterocycles. The fraction of sp³-hybridized carbons (Fsp3) is 0.438. The second kappa shape index (κ2) is 12.9. The van der Waals surface area contributed by atoms with E-state index in [-0.39, 0.29) is 30.6 Å². The predicted molar refractivity (Wildman–Crippen MR) is 159 cm³/mol. The smallest absolute Gasteiger partial charge is 0.322 e. The van der Waals surface area contributed by atoms with E-state index in [1.165, 1.54) is 10.4 Å². The standard InChI is InChI=1S/C32H39N3O4S/c1-22(2)24-8-12-26(13-9-24)39-21-29-28-15-18-40-30(28)14-16-35(29)31(36)20-34(19-27-5-4-17-38-27)32(37)33-25-10-6-23(3)7-11-25/h6-13,15,18,22,27,29H,4-5,14,16-17,19-21H2,1-3H3,(H,33,37)/t27-,29-/m1/s1. The van der Waals surface area contributed by atoms with E-state index >= 15 is 0 Å². The Hall–Kier alpha value is -3.36. The van der Waals surface area contributed by atoms with Crippen LogP contribution in [0.4, 0.5) is 10.5 Å². The number of fused-ring (bicyclic) bond motifs is 1. The zero-order valence-electron chi connectivity index (χ0n) is 23.6. The molecule has 3 aromatic rings. The number of carbonyl (C=O) groups excluding carboxylic acids is 2. The second-order valence-electron chi connectivity index (χ2n) is 11.0. The molecular weight excluding hydrogens is 522 g/mol. The van der Waals surface area contributed by atoms with Crippen LogP contribution in [0.25, 0.3) is 0 Å². The molecule has 0 unspecified atom stereocenters. The van der Waals surface area contributed by atoms with Gasteiger partial charge in [0.15, 0.2) is 0 Å². The van der Waals surface area contributed by atoms with Crippen molar-refractivity contribution in [1.82, 2.24) is 9.80 Å². The summed E-state index contributed by atoms with van der Waals surface area (Å²) < 4.78 is 12.1. The fourth-order valence-electron chi connectivity index (χ4n) is 5.35. The minimum atomic E-state index is -0.293. The van der Waals surface area contributed by atoms with Gasteiger partial charge in [0.05, 0.1) is 12.1 Å². The molecule has 1 aromatic heterocycles. The third-order valence-electron chi connectivity index (χ3n) is 7.73. The van der Waals surface area contributed by atoms with Gasteiger partial charge in [0, 0.05) is 30.3 Å². The van der Waals surface area contributed by atoms with Crippen LogP contribution in [0, 0.1) is 6.92 Å². The lowest BCUT2D eigenvalue weighted by Gasteiger charge is -2.37. The van der Waals surface area contributed by atoms with Crippen molar-refractivity contribution in [1.29, 1.82) is 0 Å². The molecule has 3 amide bonds. The number of benzene rings is 2. The molecule has 1 saturated heterocycles. The number of urea groups is 1. The predicted octanol–water partition coefficient (Wildman–Crippen LogP) is 6.40. The van der Waals surface area contributed by atoms with Crippen LogP contribution in [0.15, 0.2) is 60.0 Å². The van der Waals surface area contributed by atoms with Crippen LogP contribution in [0.3, 0.4) is 0 Å². The van der Waals surface area contributed by atoms with E-state index in [9.17, 15) is 9.59 Å². The third-order valence-corrected chi connectivity index (χ3v) is 8.73. The molecule has 0 bridgehead atoms. The molecule has 1 fully saturated rings. The van der Waals surface area contributed by atoms with E-state index in [0.29, 0.717) is 37.9 Å².